The number of benzene rings is 3. The number of thioether (sulfide) groups is 1. The number of aromatic nitrogens is 4. The molecule has 41 heavy (non-hydrogen) atoms. The van der Waals surface area contributed by atoms with E-state index in [4.69, 9.17) is 9.84 Å². The fraction of sp³-hybridized carbons (Fsp3) is 0.167. The third-order valence-corrected chi connectivity index (χ3v) is 7.73. The Morgan fingerprint density at radius 2 is 1.80 bits per heavy atom. The highest BCUT2D eigenvalue weighted by atomic mass is 32.2. The standard InChI is InChI=1S/C30H25FN6O3S/c1-18-3-5-20(6-4-18)26-15-25(19-7-13-23(40-2)14-8-19)35-37(26)27(38)17-41-30-33-28-24(29(39)34-30)16-32-36(28)22-11-9-21(31)10-12-22/h3-14,16,26H,15,17H2,1-2H3,(H,33,34,39)/t26-/m1/s1. The van der Waals surface area contributed by atoms with Gasteiger partial charge in [0.15, 0.2) is 10.8 Å². The highest BCUT2D eigenvalue weighted by molar-refractivity contribution is 7.99. The summed E-state index contributed by atoms with van der Waals surface area (Å²) in [5, 5.41) is 11.1. The summed E-state index contributed by atoms with van der Waals surface area (Å²) in [5.74, 6) is 0.139. The van der Waals surface area contributed by atoms with Crippen molar-refractivity contribution in [3.63, 3.8) is 0 Å². The number of ether oxygens (including phenoxy) is 1. The van der Waals surface area contributed by atoms with Gasteiger partial charge in [0.05, 0.1) is 36.5 Å². The lowest BCUT2D eigenvalue weighted by Gasteiger charge is -2.22. The van der Waals surface area contributed by atoms with Gasteiger partial charge in [0.1, 0.15) is 17.0 Å². The van der Waals surface area contributed by atoms with E-state index < -0.39 is 0 Å². The van der Waals surface area contributed by atoms with Crippen molar-refractivity contribution in [2.24, 2.45) is 5.10 Å². The Labute approximate surface area is 238 Å². The van der Waals surface area contributed by atoms with Crippen molar-refractivity contribution < 1.29 is 13.9 Å². The van der Waals surface area contributed by atoms with Crippen molar-refractivity contribution in [3.05, 3.63) is 112 Å². The summed E-state index contributed by atoms with van der Waals surface area (Å²) >= 11 is 1.11. The molecular weight excluding hydrogens is 543 g/mol. The number of nitrogens with one attached hydrogen (secondary N) is 1. The molecule has 0 spiro atoms. The average Bonchev–Trinajstić information content (AvgIpc) is 3.63. The van der Waals surface area contributed by atoms with Gasteiger partial charge < -0.3 is 9.72 Å². The lowest BCUT2D eigenvalue weighted by molar-refractivity contribution is -0.130. The van der Waals surface area contributed by atoms with Crippen LogP contribution in [-0.2, 0) is 4.79 Å². The molecule has 0 unspecified atom stereocenters. The van der Waals surface area contributed by atoms with E-state index in [2.05, 4.69) is 15.1 Å². The molecule has 9 nitrogen and oxygen atoms in total. The lowest BCUT2D eigenvalue weighted by Crippen LogP contribution is -2.28. The zero-order valence-corrected chi connectivity index (χ0v) is 23.1. The summed E-state index contributed by atoms with van der Waals surface area (Å²) in [6, 6.07) is 21.1. The van der Waals surface area contributed by atoms with Gasteiger partial charge in [0, 0.05) is 6.42 Å². The predicted molar refractivity (Wildman–Crippen MR) is 155 cm³/mol. The van der Waals surface area contributed by atoms with Crippen LogP contribution in [0.25, 0.3) is 16.7 Å². The minimum absolute atomic E-state index is 0.000879. The maximum atomic E-state index is 13.6. The van der Waals surface area contributed by atoms with Gasteiger partial charge in [-0.3, -0.25) is 9.59 Å². The number of halogens is 1. The van der Waals surface area contributed by atoms with E-state index in [9.17, 15) is 14.0 Å². The molecule has 0 aliphatic carbocycles. The van der Waals surface area contributed by atoms with Crippen molar-refractivity contribution in [3.8, 4) is 11.4 Å². The number of aryl methyl sites for hydroxylation is 1. The fourth-order valence-electron chi connectivity index (χ4n) is 4.68. The van der Waals surface area contributed by atoms with Crippen LogP contribution in [0, 0.1) is 12.7 Å². The van der Waals surface area contributed by atoms with Crippen molar-refractivity contribution in [2.75, 3.05) is 12.9 Å². The van der Waals surface area contributed by atoms with Gasteiger partial charge >= 0.3 is 0 Å². The summed E-state index contributed by atoms with van der Waals surface area (Å²) in [6.07, 6.45) is 1.97. The molecule has 0 saturated heterocycles. The Kier molecular flexibility index (Phi) is 7.10. The smallest absolute Gasteiger partial charge is 0.262 e. The normalized spacial score (nSPS) is 14.9. The van der Waals surface area contributed by atoms with E-state index in [1.807, 2.05) is 55.5 Å². The summed E-state index contributed by atoms with van der Waals surface area (Å²) in [5.41, 5.74) is 4.32. The number of rotatable bonds is 7. The van der Waals surface area contributed by atoms with Crippen LogP contribution in [0.1, 0.15) is 29.2 Å². The third kappa shape index (κ3) is 5.36. The van der Waals surface area contributed by atoms with Gasteiger partial charge in [-0.15, -0.1) is 0 Å². The Hall–Kier alpha value is -4.77. The maximum absolute atomic E-state index is 13.6. The predicted octanol–water partition coefficient (Wildman–Crippen LogP) is 5.03. The van der Waals surface area contributed by atoms with E-state index in [1.165, 1.54) is 28.0 Å². The summed E-state index contributed by atoms with van der Waals surface area (Å²) in [7, 11) is 1.62. The molecule has 0 bridgehead atoms. The first-order chi connectivity index (χ1) is 19.9. The summed E-state index contributed by atoms with van der Waals surface area (Å²) < 4.78 is 20.2. The maximum Gasteiger partial charge on any atom is 0.262 e. The largest absolute Gasteiger partial charge is 0.497 e. The fourth-order valence-corrected chi connectivity index (χ4v) is 5.39. The SMILES string of the molecule is COc1ccc(C2=NN(C(=O)CSc3nc4c(cnn4-c4ccc(F)cc4)c(=O)[nH]3)[C@@H](c3ccc(C)cc3)C2)cc1. The second kappa shape index (κ2) is 11.0. The summed E-state index contributed by atoms with van der Waals surface area (Å²) in [6.45, 7) is 2.02. The molecule has 3 heterocycles. The molecule has 6 rings (SSSR count). The first-order valence-electron chi connectivity index (χ1n) is 12.9. The molecule has 0 saturated carbocycles. The van der Waals surface area contributed by atoms with Crippen LogP contribution in [0.3, 0.4) is 0 Å². The highest BCUT2D eigenvalue weighted by Gasteiger charge is 2.33. The van der Waals surface area contributed by atoms with Crippen LogP contribution >= 0.6 is 11.8 Å². The van der Waals surface area contributed by atoms with Crippen molar-refractivity contribution in [2.45, 2.75) is 24.5 Å². The van der Waals surface area contributed by atoms with Gasteiger partial charge in [-0.2, -0.15) is 10.2 Å². The van der Waals surface area contributed by atoms with Crippen LogP contribution < -0.4 is 10.3 Å². The monoisotopic (exact) mass is 568 g/mol. The Bertz CT molecular complexity index is 1820. The van der Waals surface area contributed by atoms with Crippen LogP contribution in [0.15, 0.2) is 94.0 Å². The molecule has 1 N–H and O–H groups in total. The minimum atomic E-state index is -0.380. The van der Waals surface area contributed by atoms with Crippen molar-refractivity contribution in [1.82, 2.24) is 24.8 Å². The molecule has 0 radical (unpaired) electrons. The van der Waals surface area contributed by atoms with Gasteiger partial charge in [-0.05, 0) is 66.6 Å². The highest BCUT2D eigenvalue weighted by Crippen LogP contribution is 2.34. The molecule has 0 fully saturated rings. The number of carbonyl (C=O) groups excluding carboxylic acids is 1. The Balaban J connectivity index is 1.27. The quantitative estimate of drug-likeness (QED) is 0.218. The van der Waals surface area contributed by atoms with Crippen molar-refractivity contribution in [1.29, 1.82) is 0 Å². The molecular formula is C30H25FN6O3S. The number of aromatic amines is 1. The van der Waals surface area contributed by atoms with Gasteiger partial charge in [-0.25, -0.2) is 19.1 Å². The number of hydrogen-bond acceptors (Lipinski definition) is 7. The van der Waals surface area contributed by atoms with Gasteiger partial charge in [-0.1, -0.05) is 41.6 Å². The number of nitrogens with zero attached hydrogens (tertiary/aromatic N) is 5. The number of carbonyl (C=O) groups is 1. The number of amides is 1. The number of hydrogen-bond donors (Lipinski definition) is 1. The van der Waals surface area contributed by atoms with Crippen molar-refractivity contribution >= 4 is 34.4 Å². The lowest BCUT2D eigenvalue weighted by atomic mass is 9.97. The molecule has 2 aromatic heterocycles. The Morgan fingerprint density at radius 3 is 2.51 bits per heavy atom. The van der Waals surface area contributed by atoms with E-state index in [0.717, 1.165) is 39.9 Å². The van der Waals surface area contributed by atoms with Crippen LogP contribution in [-0.4, -0.2) is 49.2 Å². The van der Waals surface area contributed by atoms with E-state index in [-0.39, 0.29) is 39.6 Å². The molecule has 5 aromatic rings. The zero-order chi connectivity index (χ0) is 28.5. The number of fused-ring (bicyclic) bond motifs is 1. The van der Waals surface area contributed by atoms with Crippen LogP contribution in [0.4, 0.5) is 4.39 Å². The number of H-pyrrole nitrogens is 1. The zero-order valence-electron chi connectivity index (χ0n) is 22.2. The second-order valence-electron chi connectivity index (χ2n) is 9.57. The van der Waals surface area contributed by atoms with Crippen LogP contribution in [0.5, 0.6) is 5.75 Å². The molecule has 206 valence electrons. The molecule has 3 aromatic carbocycles. The molecule has 1 aliphatic heterocycles. The first kappa shape index (κ1) is 26.5. The van der Waals surface area contributed by atoms with Crippen LogP contribution in [0.2, 0.25) is 0 Å². The van der Waals surface area contributed by atoms with Gasteiger partial charge in [0.2, 0.25) is 0 Å². The third-order valence-electron chi connectivity index (χ3n) is 6.87. The van der Waals surface area contributed by atoms with Gasteiger partial charge in [0.25, 0.3) is 11.5 Å². The van der Waals surface area contributed by atoms with E-state index >= 15 is 0 Å². The molecule has 1 aliphatic rings. The number of hydrazone groups is 1. The van der Waals surface area contributed by atoms with E-state index in [0.29, 0.717) is 17.8 Å². The molecule has 11 heteroatoms. The minimum Gasteiger partial charge on any atom is -0.497 e. The number of methoxy groups -OCH3 is 1. The Morgan fingerprint density at radius 1 is 1.07 bits per heavy atom. The average molecular weight is 569 g/mol. The summed E-state index contributed by atoms with van der Waals surface area (Å²) in [4.78, 5) is 33.6. The second-order valence-corrected chi connectivity index (χ2v) is 10.5. The molecule has 1 amide bonds. The topological polar surface area (TPSA) is 105 Å². The molecule has 1 atom stereocenters. The van der Waals surface area contributed by atoms with E-state index in [1.54, 1.807) is 19.2 Å². The first-order valence-corrected chi connectivity index (χ1v) is 13.9.